The SMILES string of the molecule is C=CC1=C(C=C)C(NC(=O)C2CCCN2C)B(O)O1.CC(C)(C)C(C=O)NC(=O)OC1CCCC1.O=C(O)N1Cc2cccc(F)c2C1. The van der Waals surface area contributed by atoms with Crippen LogP contribution in [0, 0.1) is 11.2 Å². The average Bonchev–Trinajstić information content (AvgIpc) is 3.84. The molecule has 1 aliphatic carbocycles. The minimum absolute atomic E-state index is 0.0345. The summed E-state index contributed by atoms with van der Waals surface area (Å²) in [5.41, 5.74) is 1.65. The number of carbonyl (C=O) groups excluding carboxylic acids is 3. The molecule has 262 valence electrons. The van der Waals surface area contributed by atoms with Crippen LogP contribution in [0.15, 0.2) is 54.8 Å². The smallest absolute Gasteiger partial charge is 0.534 e. The van der Waals surface area contributed by atoms with Crippen molar-refractivity contribution in [3.05, 3.63) is 71.8 Å². The number of hydrogen-bond acceptors (Lipinski definition) is 8. The van der Waals surface area contributed by atoms with Crippen molar-refractivity contribution >= 4 is 31.5 Å². The molecular weight excluding hydrogens is 622 g/mol. The lowest BCUT2D eigenvalue weighted by Crippen LogP contribution is -2.51. The Bertz CT molecular complexity index is 1380. The number of aldehydes is 1. The summed E-state index contributed by atoms with van der Waals surface area (Å²) in [7, 11) is 0.842. The van der Waals surface area contributed by atoms with Crippen LogP contribution >= 0.6 is 0 Å². The molecular formula is C34H48BFN4O8. The van der Waals surface area contributed by atoms with Gasteiger partial charge >= 0.3 is 19.3 Å². The number of fused-ring (bicyclic) bond motifs is 1. The molecule has 3 atom stereocenters. The summed E-state index contributed by atoms with van der Waals surface area (Å²) in [6, 6.07) is 4.07. The summed E-state index contributed by atoms with van der Waals surface area (Å²) in [4.78, 5) is 48.4. The fraction of sp³-hybridized carbons (Fsp3) is 0.529. The highest BCUT2D eigenvalue weighted by molar-refractivity contribution is 6.48. The lowest BCUT2D eigenvalue weighted by molar-refractivity contribution is -0.125. The Balaban J connectivity index is 0.000000199. The van der Waals surface area contributed by atoms with Crippen LogP contribution in [0.5, 0.6) is 0 Å². The van der Waals surface area contributed by atoms with Crippen LogP contribution in [0.25, 0.3) is 0 Å². The molecule has 3 heterocycles. The van der Waals surface area contributed by atoms with Crippen LogP contribution in [0.1, 0.15) is 70.4 Å². The second kappa shape index (κ2) is 17.3. The summed E-state index contributed by atoms with van der Waals surface area (Å²) in [6.45, 7) is 14.4. The number of rotatable bonds is 7. The van der Waals surface area contributed by atoms with Crippen molar-refractivity contribution in [2.75, 3.05) is 13.6 Å². The van der Waals surface area contributed by atoms with Crippen molar-refractivity contribution in [1.29, 1.82) is 0 Å². The van der Waals surface area contributed by atoms with E-state index in [4.69, 9.17) is 14.5 Å². The van der Waals surface area contributed by atoms with Crippen molar-refractivity contribution in [2.45, 2.75) is 96.5 Å². The number of ether oxygens (including phenoxy) is 1. The maximum absolute atomic E-state index is 13.1. The van der Waals surface area contributed by atoms with E-state index in [0.717, 1.165) is 56.9 Å². The summed E-state index contributed by atoms with van der Waals surface area (Å²) in [5.74, 6) is -0.516. The Labute approximate surface area is 282 Å². The number of likely N-dealkylation sites (N-methyl/N-ethyl adjacent to an activating group) is 1. The number of nitrogens with one attached hydrogen (secondary N) is 2. The number of amides is 3. The molecule has 1 saturated heterocycles. The van der Waals surface area contributed by atoms with Crippen LogP contribution in [0.3, 0.4) is 0 Å². The Morgan fingerprint density at radius 3 is 2.33 bits per heavy atom. The minimum atomic E-state index is -1.09. The molecule has 0 bridgehead atoms. The zero-order valence-electron chi connectivity index (χ0n) is 28.2. The van der Waals surface area contributed by atoms with Crippen LogP contribution in [0.4, 0.5) is 14.0 Å². The molecule has 0 aromatic heterocycles. The number of carbonyl (C=O) groups is 4. The van der Waals surface area contributed by atoms with Crippen molar-refractivity contribution in [2.24, 2.45) is 5.41 Å². The number of alkyl carbamates (subject to hydrolysis) is 1. The molecule has 1 aromatic carbocycles. The number of hydrogen-bond donors (Lipinski definition) is 4. The van der Waals surface area contributed by atoms with Crippen molar-refractivity contribution < 1.29 is 43.1 Å². The molecule has 4 aliphatic rings. The van der Waals surface area contributed by atoms with Gasteiger partial charge in [-0.1, -0.05) is 52.1 Å². The van der Waals surface area contributed by atoms with E-state index in [1.54, 1.807) is 18.2 Å². The highest BCUT2D eigenvalue weighted by Gasteiger charge is 2.42. The van der Waals surface area contributed by atoms with Gasteiger partial charge in [-0.2, -0.15) is 0 Å². The van der Waals surface area contributed by atoms with E-state index >= 15 is 0 Å². The molecule has 1 saturated carbocycles. The largest absolute Gasteiger partial charge is 0.551 e. The first-order chi connectivity index (χ1) is 22.7. The molecule has 48 heavy (non-hydrogen) atoms. The average molecular weight is 671 g/mol. The zero-order valence-corrected chi connectivity index (χ0v) is 28.2. The van der Waals surface area contributed by atoms with E-state index < -0.39 is 31.3 Å². The molecule has 14 heteroatoms. The molecule has 3 aliphatic heterocycles. The zero-order chi connectivity index (χ0) is 35.6. The maximum Gasteiger partial charge on any atom is 0.551 e. The van der Waals surface area contributed by atoms with Crippen LogP contribution in [-0.2, 0) is 32.1 Å². The van der Waals surface area contributed by atoms with Crippen LogP contribution in [0.2, 0.25) is 0 Å². The van der Waals surface area contributed by atoms with E-state index in [1.807, 2.05) is 32.7 Å². The maximum atomic E-state index is 13.1. The van der Waals surface area contributed by atoms with Crippen LogP contribution < -0.4 is 10.6 Å². The first-order valence-electron chi connectivity index (χ1n) is 16.2. The summed E-state index contributed by atoms with van der Waals surface area (Å²) < 4.78 is 23.6. The molecule has 2 fully saturated rings. The number of carboxylic acid groups (broad SMARTS) is 1. The second-order valence-electron chi connectivity index (χ2n) is 13.3. The molecule has 4 N–H and O–H groups in total. The van der Waals surface area contributed by atoms with Gasteiger partial charge in [-0.15, -0.1) is 0 Å². The molecule has 3 unspecified atom stereocenters. The quantitative estimate of drug-likeness (QED) is 0.245. The standard InChI is InChI=1S/C13H19BN2O3.C12H21NO3.C9H8FNO2/c1-4-9-11(5-2)19-14(18)12(9)15-13(17)10-7-6-8-16(10)3;1-12(2,3)10(8-14)13-11(15)16-9-6-4-5-7-9;10-8-3-1-2-6-4-11(9(12)13)5-7(6)8/h4-5,10,12,18H,1-2,6-8H2,3H3,(H,15,17);8-10H,4-7H2,1-3H3,(H,13,15);1-3H,4-5H2,(H,12,13). The summed E-state index contributed by atoms with van der Waals surface area (Å²) >= 11 is 0. The van der Waals surface area contributed by atoms with E-state index in [0.29, 0.717) is 23.4 Å². The van der Waals surface area contributed by atoms with Gasteiger partial charge in [0.2, 0.25) is 5.91 Å². The highest BCUT2D eigenvalue weighted by Crippen LogP contribution is 2.26. The van der Waals surface area contributed by atoms with E-state index in [1.165, 1.54) is 17.0 Å². The minimum Gasteiger partial charge on any atom is -0.534 e. The van der Waals surface area contributed by atoms with E-state index in [2.05, 4.69) is 23.8 Å². The Hall–Kier alpha value is -4.17. The van der Waals surface area contributed by atoms with Gasteiger partial charge in [0.25, 0.3) is 0 Å². The first-order valence-corrected chi connectivity index (χ1v) is 16.2. The number of allylic oxidation sites excluding steroid dienone is 1. The highest BCUT2D eigenvalue weighted by atomic mass is 19.1. The van der Waals surface area contributed by atoms with Gasteiger partial charge in [0.05, 0.1) is 18.6 Å². The van der Waals surface area contributed by atoms with E-state index in [9.17, 15) is 28.6 Å². The number of halogens is 1. The van der Waals surface area contributed by atoms with Gasteiger partial charge in [0.15, 0.2) is 0 Å². The summed E-state index contributed by atoms with van der Waals surface area (Å²) in [5, 5.41) is 24.0. The normalized spacial score (nSPS) is 21.1. The Morgan fingerprint density at radius 2 is 1.81 bits per heavy atom. The van der Waals surface area contributed by atoms with Gasteiger partial charge in [0.1, 0.15) is 29.9 Å². The number of nitrogens with zero attached hydrogens (tertiary/aromatic N) is 2. The Kier molecular flexibility index (Phi) is 13.8. The van der Waals surface area contributed by atoms with Gasteiger partial charge in [-0.25, -0.2) is 14.0 Å². The third kappa shape index (κ3) is 10.2. The first kappa shape index (κ1) is 38.3. The van der Waals surface area contributed by atoms with Crippen LogP contribution in [-0.4, -0.2) is 89.1 Å². The van der Waals surface area contributed by atoms with Crippen molar-refractivity contribution in [1.82, 2.24) is 20.4 Å². The lowest BCUT2D eigenvalue weighted by atomic mass is 9.76. The predicted octanol–water partition coefficient (Wildman–Crippen LogP) is 4.33. The van der Waals surface area contributed by atoms with Gasteiger partial charge in [-0.3, -0.25) is 14.6 Å². The van der Waals surface area contributed by atoms with Gasteiger partial charge in [0, 0.05) is 17.7 Å². The fourth-order valence-electron chi connectivity index (χ4n) is 5.90. The van der Waals surface area contributed by atoms with E-state index in [-0.39, 0.29) is 35.8 Å². The number of benzene rings is 1. The predicted molar refractivity (Wildman–Crippen MR) is 179 cm³/mol. The molecule has 12 nitrogen and oxygen atoms in total. The van der Waals surface area contributed by atoms with Gasteiger partial charge < -0.3 is 34.9 Å². The molecule has 3 amide bonds. The van der Waals surface area contributed by atoms with Crippen molar-refractivity contribution in [3.63, 3.8) is 0 Å². The second-order valence-corrected chi connectivity index (χ2v) is 13.3. The lowest BCUT2D eigenvalue weighted by Gasteiger charge is -2.26. The third-order valence-corrected chi connectivity index (χ3v) is 8.79. The molecule has 1 aromatic rings. The number of likely N-dealkylation sites (tertiary alicyclic amines) is 1. The molecule has 0 spiro atoms. The van der Waals surface area contributed by atoms with Crippen molar-refractivity contribution in [3.8, 4) is 0 Å². The monoisotopic (exact) mass is 670 g/mol. The fourth-order valence-corrected chi connectivity index (χ4v) is 5.90. The molecule has 5 rings (SSSR count). The van der Waals surface area contributed by atoms with Gasteiger partial charge in [-0.05, 0) is 75.2 Å². The molecule has 0 radical (unpaired) electrons. The Morgan fingerprint density at radius 1 is 1.12 bits per heavy atom. The topological polar surface area (TPSA) is 158 Å². The third-order valence-electron chi connectivity index (χ3n) is 8.79. The summed E-state index contributed by atoms with van der Waals surface area (Å²) in [6.07, 6.45) is 8.38.